The average molecular weight is 418 g/mol. The average Bonchev–Trinajstić information content (AvgIpc) is 3.41. The quantitative estimate of drug-likeness (QED) is 0.740. The molecule has 158 valence electrons. The number of rotatable bonds is 4. The molecule has 7 heteroatoms. The number of anilines is 2. The second-order valence-electron chi connectivity index (χ2n) is 8.76. The number of aromatic carboxylic acids is 1. The van der Waals surface area contributed by atoms with Crippen LogP contribution in [0.1, 0.15) is 45.5 Å². The third kappa shape index (κ3) is 3.03. The summed E-state index contributed by atoms with van der Waals surface area (Å²) < 4.78 is 0. The summed E-state index contributed by atoms with van der Waals surface area (Å²) in [6.07, 6.45) is 2.97. The minimum atomic E-state index is -1.14. The number of hydrogen-bond acceptors (Lipinski definition) is 4. The first-order valence-electron chi connectivity index (χ1n) is 10.5. The van der Waals surface area contributed by atoms with Gasteiger partial charge in [-0.2, -0.15) is 0 Å². The molecule has 2 N–H and O–H groups in total. The first kappa shape index (κ1) is 19.5. The highest BCUT2D eigenvalue weighted by atomic mass is 16.4. The van der Waals surface area contributed by atoms with Crippen molar-refractivity contribution in [3.05, 3.63) is 59.2 Å². The summed E-state index contributed by atoms with van der Waals surface area (Å²) in [5.41, 5.74) is 1.63. The number of nitrogens with one attached hydrogen (secondary N) is 1. The summed E-state index contributed by atoms with van der Waals surface area (Å²) in [6.45, 7) is 1.80. The number of imide groups is 1. The molecular formula is C24H22N2O5. The van der Waals surface area contributed by atoms with E-state index < -0.39 is 11.9 Å². The van der Waals surface area contributed by atoms with Gasteiger partial charge in [-0.3, -0.25) is 19.3 Å². The van der Waals surface area contributed by atoms with Crippen molar-refractivity contribution in [3.8, 4) is 0 Å². The maximum absolute atomic E-state index is 13.1. The minimum Gasteiger partial charge on any atom is -0.478 e. The minimum absolute atomic E-state index is 0.0108. The largest absolute Gasteiger partial charge is 0.478 e. The van der Waals surface area contributed by atoms with Crippen LogP contribution in [0.4, 0.5) is 11.4 Å². The lowest BCUT2D eigenvalue weighted by Crippen LogP contribution is -2.33. The van der Waals surface area contributed by atoms with Gasteiger partial charge in [0.25, 0.3) is 5.91 Å². The lowest BCUT2D eigenvalue weighted by atomic mass is 9.81. The van der Waals surface area contributed by atoms with Gasteiger partial charge < -0.3 is 10.4 Å². The number of carboxylic acid groups (broad SMARTS) is 1. The zero-order valence-corrected chi connectivity index (χ0v) is 17.0. The highest BCUT2D eigenvalue weighted by molar-refractivity contribution is 6.23. The predicted molar refractivity (Wildman–Crippen MR) is 113 cm³/mol. The Morgan fingerprint density at radius 2 is 1.68 bits per heavy atom. The molecule has 4 atom stereocenters. The van der Waals surface area contributed by atoms with Gasteiger partial charge in [-0.25, -0.2) is 4.79 Å². The Labute approximate surface area is 179 Å². The first-order valence-corrected chi connectivity index (χ1v) is 10.5. The van der Waals surface area contributed by atoms with E-state index in [4.69, 9.17) is 0 Å². The number of carbonyl (C=O) groups excluding carboxylic acids is 3. The van der Waals surface area contributed by atoms with E-state index in [1.165, 1.54) is 17.0 Å². The van der Waals surface area contributed by atoms with Crippen LogP contribution in [0.25, 0.3) is 0 Å². The Hall–Kier alpha value is -3.48. The highest BCUT2D eigenvalue weighted by Gasteiger charge is 2.61. The molecule has 2 aromatic rings. The zero-order chi connectivity index (χ0) is 21.9. The standard InChI is InChI=1S/C24H22N2O5/c1-12-5-8-17(24(30)31)18(9-12)25-21(27)15-3-2-4-16(11-15)26-22(28)19-13-6-7-14(10-13)20(19)23(26)29/h2-5,8-9,11,13-14,19-20H,6-7,10H2,1H3,(H,25,27)(H,30,31)/t13-,14-,19-,20-/m0/s1. The molecule has 2 aliphatic carbocycles. The Balaban J connectivity index is 1.42. The molecule has 3 aliphatic rings. The van der Waals surface area contributed by atoms with Crippen LogP contribution in [-0.2, 0) is 9.59 Å². The number of nitrogens with zero attached hydrogens (tertiary/aromatic N) is 1. The van der Waals surface area contributed by atoms with Gasteiger partial charge in [0.2, 0.25) is 11.8 Å². The highest BCUT2D eigenvalue weighted by Crippen LogP contribution is 2.56. The van der Waals surface area contributed by atoms with Gasteiger partial charge in [-0.15, -0.1) is 0 Å². The van der Waals surface area contributed by atoms with Crippen LogP contribution < -0.4 is 10.2 Å². The smallest absolute Gasteiger partial charge is 0.337 e. The Morgan fingerprint density at radius 3 is 2.32 bits per heavy atom. The summed E-state index contributed by atoms with van der Waals surface area (Å²) in [4.78, 5) is 51.7. The molecule has 1 saturated heterocycles. The number of aryl methyl sites for hydroxylation is 1. The van der Waals surface area contributed by atoms with Crippen LogP contribution in [0.15, 0.2) is 42.5 Å². The Kier molecular flexibility index (Phi) is 4.43. The SMILES string of the molecule is Cc1ccc(C(=O)O)c(NC(=O)c2cccc(N3C(=O)[C@H]4[C@H]5CC[C@@H](C5)[C@@H]4C3=O)c2)c1. The molecule has 1 aliphatic heterocycles. The maximum Gasteiger partial charge on any atom is 0.337 e. The van der Waals surface area contributed by atoms with E-state index >= 15 is 0 Å². The van der Waals surface area contributed by atoms with Crippen molar-refractivity contribution in [1.82, 2.24) is 0 Å². The van der Waals surface area contributed by atoms with Crippen molar-refractivity contribution in [1.29, 1.82) is 0 Å². The number of fused-ring (bicyclic) bond motifs is 5. The summed E-state index contributed by atoms with van der Waals surface area (Å²) in [5.74, 6) is -1.84. The van der Waals surface area contributed by atoms with E-state index in [9.17, 15) is 24.3 Å². The fraction of sp³-hybridized carbons (Fsp3) is 0.333. The number of amides is 3. The molecule has 0 radical (unpaired) electrons. The van der Waals surface area contributed by atoms with Gasteiger partial charge in [-0.1, -0.05) is 12.1 Å². The molecule has 3 amide bonds. The number of benzene rings is 2. The van der Waals surface area contributed by atoms with Crippen molar-refractivity contribution >= 4 is 35.1 Å². The van der Waals surface area contributed by atoms with Crippen molar-refractivity contribution < 1.29 is 24.3 Å². The van der Waals surface area contributed by atoms with Gasteiger partial charge >= 0.3 is 5.97 Å². The summed E-state index contributed by atoms with van der Waals surface area (Å²) in [6, 6.07) is 11.1. The molecular weight excluding hydrogens is 396 g/mol. The normalized spacial score (nSPS) is 26.3. The zero-order valence-electron chi connectivity index (χ0n) is 17.0. The molecule has 2 bridgehead atoms. The number of carbonyl (C=O) groups is 4. The van der Waals surface area contributed by atoms with E-state index in [1.807, 2.05) is 0 Å². The van der Waals surface area contributed by atoms with Crippen molar-refractivity contribution in [2.24, 2.45) is 23.7 Å². The second kappa shape index (κ2) is 7.04. The lowest BCUT2D eigenvalue weighted by Gasteiger charge is -2.19. The molecule has 2 saturated carbocycles. The summed E-state index contributed by atoms with van der Waals surface area (Å²) in [7, 11) is 0. The summed E-state index contributed by atoms with van der Waals surface area (Å²) >= 11 is 0. The van der Waals surface area contributed by atoms with Crippen molar-refractivity contribution in [2.75, 3.05) is 10.2 Å². The summed E-state index contributed by atoms with van der Waals surface area (Å²) in [5, 5.41) is 12.0. The van der Waals surface area contributed by atoms with Crippen molar-refractivity contribution in [2.45, 2.75) is 26.2 Å². The van der Waals surface area contributed by atoms with E-state index in [-0.39, 0.29) is 40.5 Å². The van der Waals surface area contributed by atoms with Gasteiger partial charge in [-0.05, 0) is 73.9 Å². The molecule has 1 heterocycles. The van der Waals surface area contributed by atoms with Crippen LogP contribution in [0.5, 0.6) is 0 Å². The monoisotopic (exact) mass is 418 g/mol. The molecule has 31 heavy (non-hydrogen) atoms. The first-order chi connectivity index (χ1) is 14.8. The van der Waals surface area contributed by atoms with Crippen LogP contribution >= 0.6 is 0 Å². The Bertz CT molecular complexity index is 1110. The van der Waals surface area contributed by atoms with Gasteiger partial charge in [0.15, 0.2) is 0 Å². The van der Waals surface area contributed by atoms with Crippen LogP contribution in [0.3, 0.4) is 0 Å². The Morgan fingerprint density at radius 1 is 1.00 bits per heavy atom. The molecule has 5 rings (SSSR count). The fourth-order valence-corrected chi connectivity index (χ4v) is 5.59. The topological polar surface area (TPSA) is 104 Å². The number of hydrogen-bond donors (Lipinski definition) is 2. The third-order valence-corrected chi connectivity index (χ3v) is 6.95. The van der Waals surface area contributed by atoms with Crippen LogP contribution in [-0.4, -0.2) is 28.8 Å². The third-order valence-electron chi connectivity index (χ3n) is 6.95. The van der Waals surface area contributed by atoms with E-state index in [2.05, 4.69) is 5.32 Å². The predicted octanol–water partition coefficient (Wildman–Crippen LogP) is 3.48. The van der Waals surface area contributed by atoms with E-state index in [0.29, 0.717) is 17.5 Å². The van der Waals surface area contributed by atoms with Crippen molar-refractivity contribution in [3.63, 3.8) is 0 Å². The molecule has 0 aromatic heterocycles. The molecule has 0 spiro atoms. The number of carboxylic acids is 1. The van der Waals surface area contributed by atoms with E-state index in [1.54, 1.807) is 37.3 Å². The van der Waals surface area contributed by atoms with Crippen LogP contribution in [0, 0.1) is 30.6 Å². The van der Waals surface area contributed by atoms with Gasteiger partial charge in [0, 0.05) is 5.56 Å². The molecule has 3 fully saturated rings. The lowest BCUT2D eigenvalue weighted by molar-refractivity contribution is -0.123. The van der Waals surface area contributed by atoms with E-state index in [0.717, 1.165) is 24.8 Å². The van der Waals surface area contributed by atoms with Crippen LogP contribution in [0.2, 0.25) is 0 Å². The molecule has 0 unspecified atom stereocenters. The second-order valence-corrected chi connectivity index (χ2v) is 8.76. The molecule has 2 aromatic carbocycles. The maximum atomic E-state index is 13.1. The fourth-order valence-electron chi connectivity index (χ4n) is 5.59. The van der Waals surface area contributed by atoms with Gasteiger partial charge in [0.1, 0.15) is 0 Å². The molecule has 7 nitrogen and oxygen atoms in total. The van der Waals surface area contributed by atoms with Gasteiger partial charge in [0.05, 0.1) is 28.8 Å².